The minimum Gasteiger partial charge on any atom is -0.0649 e. The highest BCUT2D eigenvalue weighted by atomic mass is 14.2. The zero-order chi connectivity index (χ0) is 10.2. The Balaban J connectivity index is 3.57. The maximum Gasteiger partial charge on any atom is -0.0328 e. The van der Waals surface area contributed by atoms with Crippen LogP contribution in [0.2, 0.25) is 0 Å². The molecule has 0 heteroatoms. The molecular weight excluding hydrogens is 156 g/mol. The zero-order valence-electron chi connectivity index (χ0n) is 9.57. The first kappa shape index (κ1) is 13.0. The van der Waals surface area contributed by atoms with Crippen LogP contribution < -0.4 is 0 Å². The number of rotatable bonds is 8. The van der Waals surface area contributed by atoms with Gasteiger partial charge in [-0.3, -0.25) is 0 Å². The molecular formula is C13H26. The van der Waals surface area contributed by atoms with Gasteiger partial charge in [0.2, 0.25) is 0 Å². The molecule has 0 amide bonds. The SMILES string of the molecule is [CH2]CCCCCC(C)(CC)CC[CH2]. The third-order valence-electron chi connectivity index (χ3n) is 3.16. The highest BCUT2D eigenvalue weighted by Gasteiger charge is 2.19. The minimum atomic E-state index is 0.558. The highest BCUT2D eigenvalue weighted by molar-refractivity contribution is 4.73. The molecule has 0 nitrogen and oxygen atoms in total. The van der Waals surface area contributed by atoms with Crippen molar-refractivity contribution in [1.29, 1.82) is 0 Å². The maximum atomic E-state index is 3.95. The quantitative estimate of drug-likeness (QED) is 0.473. The van der Waals surface area contributed by atoms with E-state index >= 15 is 0 Å². The van der Waals surface area contributed by atoms with Crippen molar-refractivity contribution in [3.8, 4) is 0 Å². The lowest BCUT2D eigenvalue weighted by Crippen LogP contribution is -2.14. The summed E-state index contributed by atoms with van der Waals surface area (Å²) in [4.78, 5) is 0. The molecule has 13 heavy (non-hydrogen) atoms. The van der Waals surface area contributed by atoms with E-state index in [1.165, 1.54) is 38.5 Å². The molecule has 0 N–H and O–H groups in total. The van der Waals surface area contributed by atoms with Gasteiger partial charge in [-0.05, 0) is 18.3 Å². The van der Waals surface area contributed by atoms with Crippen LogP contribution in [-0.4, -0.2) is 0 Å². The Morgan fingerprint density at radius 1 is 0.923 bits per heavy atom. The molecule has 0 spiro atoms. The molecule has 2 radical (unpaired) electrons. The Hall–Kier alpha value is 0. The molecule has 0 saturated heterocycles. The van der Waals surface area contributed by atoms with Crippen molar-refractivity contribution < 1.29 is 0 Å². The van der Waals surface area contributed by atoms with Crippen LogP contribution in [0.25, 0.3) is 0 Å². The van der Waals surface area contributed by atoms with Gasteiger partial charge in [-0.25, -0.2) is 0 Å². The summed E-state index contributed by atoms with van der Waals surface area (Å²) in [7, 11) is 0. The molecule has 0 aliphatic rings. The van der Waals surface area contributed by atoms with Crippen molar-refractivity contribution in [2.45, 2.75) is 65.2 Å². The summed E-state index contributed by atoms with van der Waals surface area (Å²) >= 11 is 0. The van der Waals surface area contributed by atoms with Gasteiger partial charge in [0.25, 0.3) is 0 Å². The first-order valence-corrected chi connectivity index (χ1v) is 5.77. The van der Waals surface area contributed by atoms with E-state index in [4.69, 9.17) is 0 Å². The monoisotopic (exact) mass is 182 g/mol. The Kier molecular flexibility index (Phi) is 7.41. The van der Waals surface area contributed by atoms with Crippen LogP contribution in [0.5, 0.6) is 0 Å². The van der Waals surface area contributed by atoms with Crippen LogP contribution in [0.1, 0.15) is 65.2 Å². The van der Waals surface area contributed by atoms with Gasteiger partial charge in [0.05, 0.1) is 0 Å². The van der Waals surface area contributed by atoms with Crippen molar-refractivity contribution in [1.82, 2.24) is 0 Å². The van der Waals surface area contributed by atoms with Crippen molar-refractivity contribution >= 4 is 0 Å². The Morgan fingerprint density at radius 3 is 2.08 bits per heavy atom. The fraction of sp³-hybridized carbons (Fsp3) is 0.846. The molecule has 0 rings (SSSR count). The van der Waals surface area contributed by atoms with Crippen molar-refractivity contribution in [2.24, 2.45) is 5.41 Å². The van der Waals surface area contributed by atoms with Crippen LogP contribution in [0.3, 0.4) is 0 Å². The molecule has 0 aliphatic carbocycles. The normalized spacial score (nSPS) is 15.7. The van der Waals surface area contributed by atoms with Crippen molar-refractivity contribution in [3.63, 3.8) is 0 Å². The summed E-state index contributed by atoms with van der Waals surface area (Å²) in [5.74, 6) is 0. The summed E-state index contributed by atoms with van der Waals surface area (Å²) in [6.07, 6.45) is 10.2. The summed E-state index contributed by atoms with van der Waals surface area (Å²) in [5.41, 5.74) is 0.558. The predicted octanol–water partition coefficient (Wildman–Crippen LogP) is 4.80. The summed E-state index contributed by atoms with van der Waals surface area (Å²) < 4.78 is 0. The molecule has 0 fully saturated rings. The van der Waals surface area contributed by atoms with Gasteiger partial charge in [-0.2, -0.15) is 0 Å². The summed E-state index contributed by atoms with van der Waals surface area (Å²) in [6.45, 7) is 12.5. The first-order chi connectivity index (χ1) is 6.18. The highest BCUT2D eigenvalue weighted by Crippen LogP contribution is 2.33. The molecule has 78 valence electrons. The average molecular weight is 182 g/mol. The van der Waals surface area contributed by atoms with E-state index in [0.717, 1.165) is 12.8 Å². The van der Waals surface area contributed by atoms with Crippen molar-refractivity contribution in [2.75, 3.05) is 0 Å². The van der Waals surface area contributed by atoms with Gasteiger partial charge in [-0.15, -0.1) is 0 Å². The number of unbranched alkanes of at least 4 members (excludes halogenated alkanes) is 3. The lowest BCUT2D eigenvalue weighted by atomic mass is 9.78. The number of hydrogen-bond donors (Lipinski definition) is 0. The van der Waals surface area contributed by atoms with Crippen LogP contribution in [0, 0.1) is 19.3 Å². The van der Waals surface area contributed by atoms with Gasteiger partial charge in [0, 0.05) is 0 Å². The third-order valence-corrected chi connectivity index (χ3v) is 3.16. The van der Waals surface area contributed by atoms with E-state index in [0.29, 0.717) is 5.41 Å². The van der Waals surface area contributed by atoms with Gasteiger partial charge >= 0.3 is 0 Å². The summed E-state index contributed by atoms with van der Waals surface area (Å²) in [6, 6.07) is 0. The van der Waals surface area contributed by atoms with Crippen LogP contribution in [0.15, 0.2) is 0 Å². The molecule has 0 aromatic rings. The second-order valence-corrected chi connectivity index (χ2v) is 4.43. The second-order valence-electron chi connectivity index (χ2n) is 4.43. The van der Waals surface area contributed by atoms with Gasteiger partial charge < -0.3 is 0 Å². The molecule has 0 bridgehead atoms. The fourth-order valence-corrected chi connectivity index (χ4v) is 1.81. The van der Waals surface area contributed by atoms with Crippen molar-refractivity contribution in [3.05, 3.63) is 13.8 Å². The predicted molar refractivity (Wildman–Crippen MR) is 61.4 cm³/mol. The zero-order valence-corrected chi connectivity index (χ0v) is 9.57. The second kappa shape index (κ2) is 7.41. The lowest BCUT2D eigenvalue weighted by molar-refractivity contribution is 0.252. The Morgan fingerprint density at radius 2 is 1.62 bits per heavy atom. The molecule has 0 aromatic heterocycles. The van der Waals surface area contributed by atoms with Crippen LogP contribution in [0.4, 0.5) is 0 Å². The third kappa shape index (κ3) is 6.12. The largest absolute Gasteiger partial charge is 0.0649 e. The molecule has 0 aliphatic heterocycles. The molecule has 0 heterocycles. The van der Waals surface area contributed by atoms with E-state index in [1.54, 1.807) is 0 Å². The van der Waals surface area contributed by atoms with E-state index in [9.17, 15) is 0 Å². The van der Waals surface area contributed by atoms with Gasteiger partial charge in [0.1, 0.15) is 0 Å². The molecule has 0 aromatic carbocycles. The van der Waals surface area contributed by atoms with E-state index in [1.807, 2.05) is 0 Å². The van der Waals surface area contributed by atoms with Gasteiger partial charge in [-0.1, -0.05) is 66.2 Å². The lowest BCUT2D eigenvalue weighted by Gasteiger charge is -2.27. The number of hydrogen-bond acceptors (Lipinski definition) is 0. The molecule has 1 atom stereocenters. The van der Waals surface area contributed by atoms with E-state index < -0.39 is 0 Å². The summed E-state index contributed by atoms with van der Waals surface area (Å²) in [5, 5.41) is 0. The Bertz CT molecular complexity index is 107. The molecule has 1 unspecified atom stereocenters. The minimum absolute atomic E-state index is 0.558. The maximum absolute atomic E-state index is 3.95. The van der Waals surface area contributed by atoms with Crippen LogP contribution >= 0.6 is 0 Å². The smallest absolute Gasteiger partial charge is 0.0328 e. The topological polar surface area (TPSA) is 0 Å². The van der Waals surface area contributed by atoms with E-state index in [-0.39, 0.29) is 0 Å². The molecule has 0 saturated carbocycles. The first-order valence-electron chi connectivity index (χ1n) is 5.77. The Labute approximate surface area is 85.1 Å². The average Bonchev–Trinajstić information content (AvgIpc) is 2.13. The van der Waals surface area contributed by atoms with Gasteiger partial charge in [0.15, 0.2) is 0 Å². The van der Waals surface area contributed by atoms with E-state index in [2.05, 4.69) is 27.7 Å². The fourth-order valence-electron chi connectivity index (χ4n) is 1.81. The van der Waals surface area contributed by atoms with Crippen LogP contribution in [-0.2, 0) is 0 Å². The standard InChI is InChI=1S/C13H26/c1-5-8-9-10-12-13(4,7-3)11-6-2/h1-2,5-12H2,3-4H3.